The van der Waals surface area contributed by atoms with Gasteiger partial charge < -0.3 is 4.42 Å². The molecule has 0 spiro atoms. The fourth-order valence-corrected chi connectivity index (χ4v) is 3.21. The Labute approximate surface area is 124 Å². The summed E-state index contributed by atoms with van der Waals surface area (Å²) in [5.41, 5.74) is 0.322. The number of benzene rings is 1. The number of hydrogen-bond donors (Lipinski definition) is 1. The molecule has 1 atom stereocenters. The van der Waals surface area contributed by atoms with E-state index in [1.807, 2.05) is 50.2 Å². The van der Waals surface area contributed by atoms with Crippen LogP contribution in [0, 0.1) is 18.3 Å². The van der Waals surface area contributed by atoms with E-state index in [9.17, 15) is 5.26 Å². The van der Waals surface area contributed by atoms with Crippen molar-refractivity contribution in [2.24, 2.45) is 0 Å². The molecule has 0 saturated carbocycles. The Kier molecular flexibility index (Phi) is 4.89. The Morgan fingerprint density at radius 1 is 1.30 bits per heavy atom. The molecule has 0 aliphatic rings. The minimum atomic E-state index is -0.676. The van der Waals surface area contributed by atoms with Gasteiger partial charge in [-0.25, -0.2) is 0 Å². The third-order valence-corrected chi connectivity index (χ3v) is 4.50. The monoisotopic (exact) mass is 286 g/mol. The molecule has 1 aromatic heterocycles. The number of furan rings is 1. The standard InChI is InChI=1S/C16H18N2OS/c1-3-18-16(11-17,14-7-5-4-6-8-14)12-20-15-9-10-19-13(15)2/h4-10,18H,3,12H2,1-2H3. The highest BCUT2D eigenvalue weighted by molar-refractivity contribution is 7.99. The number of aryl methyl sites for hydroxylation is 1. The van der Waals surface area contributed by atoms with Crippen molar-refractivity contribution in [2.75, 3.05) is 12.3 Å². The van der Waals surface area contributed by atoms with Crippen LogP contribution in [-0.2, 0) is 5.54 Å². The SMILES string of the molecule is CCNC(C#N)(CSc1ccoc1C)c1ccccc1. The molecule has 20 heavy (non-hydrogen) atoms. The number of thioether (sulfide) groups is 1. The van der Waals surface area contributed by atoms with E-state index in [-0.39, 0.29) is 0 Å². The first-order valence-electron chi connectivity index (χ1n) is 6.60. The van der Waals surface area contributed by atoms with Gasteiger partial charge in [-0.15, -0.1) is 11.8 Å². The first-order chi connectivity index (χ1) is 9.72. The fourth-order valence-electron chi connectivity index (χ4n) is 2.11. The molecule has 3 nitrogen and oxygen atoms in total. The molecule has 2 aromatic rings. The van der Waals surface area contributed by atoms with Crippen LogP contribution in [0.4, 0.5) is 0 Å². The summed E-state index contributed by atoms with van der Waals surface area (Å²) in [7, 11) is 0. The Morgan fingerprint density at radius 2 is 2.05 bits per heavy atom. The Hall–Kier alpha value is -1.70. The van der Waals surface area contributed by atoms with Crippen LogP contribution in [0.25, 0.3) is 0 Å². The summed E-state index contributed by atoms with van der Waals surface area (Å²) in [5.74, 6) is 1.54. The van der Waals surface area contributed by atoms with E-state index in [4.69, 9.17) is 4.42 Å². The van der Waals surface area contributed by atoms with Gasteiger partial charge in [0.15, 0.2) is 0 Å². The lowest BCUT2D eigenvalue weighted by Crippen LogP contribution is -2.43. The number of nitriles is 1. The highest BCUT2D eigenvalue weighted by Crippen LogP contribution is 2.31. The van der Waals surface area contributed by atoms with E-state index in [1.165, 1.54) is 0 Å². The van der Waals surface area contributed by atoms with Crippen molar-refractivity contribution in [3.63, 3.8) is 0 Å². The Morgan fingerprint density at radius 3 is 2.60 bits per heavy atom. The van der Waals surface area contributed by atoms with Crippen LogP contribution >= 0.6 is 11.8 Å². The van der Waals surface area contributed by atoms with E-state index in [0.29, 0.717) is 5.75 Å². The van der Waals surface area contributed by atoms with Crippen molar-refractivity contribution >= 4 is 11.8 Å². The van der Waals surface area contributed by atoms with Gasteiger partial charge >= 0.3 is 0 Å². The number of nitrogens with zero attached hydrogens (tertiary/aromatic N) is 1. The summed E-state index contributed by atoms with van der Waals surface area (Å²) in [6.45, 7) is 4.70. The molecule has 1 heterocycles. The molecule has 0 bridgehead atoms. The number of rotatable bonds is 6. The van der Waals surface area contributed by atoms with Gasteiger partial charge in [-0.05, 0) is 25.1 Å². The molecule has 0 aliphatic heterocycles. The molecule has 1 unspecified atom stereocenters. The maximum absolute atomic E-state index is 9.71. The lowest BCUT2D eigenvalue weighted by atomic mass is 9.93. The lowest BCUT2D eigenvalue weighted by molar-refractivity contribution is 0.490. The molecule has 104 valence electrons. The van der Waals surface area contributed by atoms with Gasteiger partial charge in [-0.2, -0.15) is 5.26 Å². The van der Waals surface area contributed by atoms with Crippen molar-refractivity contribution in [1.82, 2.24) is 5.32 Å². The molecule has 4 heteroatoms. The van der Waals surface area contributed by atoms with E-state index >= 15 is 0 Å². The zero-order valence-electron chi connectivity index (χ0n) is 11.7. The predicted molar refractivity (Wildman–Crippen MR) is 81.6 cm³/mol. The van der Waals surface area contributed by atoms with Crippen LogP contribution in [-0.4, -0.2) is 12.3 Å². The number of nitrogens with one attached hydrogen (secondary N) is 1. The second kappa shape index (κ2) is 6.65. The molecular weight excluding hydrogens is 268 g/mol. The average Bonchev–Trinajstić information content (AvgIpc) is 2.90. The average molecular weight is 286 g/mol. The third-order valence-electron chi connectivity index (χ3n) is 3.19. The van der Waals surface area contributed by atoms with Crippen LogP contribution in [0.1, 0.15) is 18.2 Å². The van der Waals surface area contributed by atoms with Gasteiger partial charge in [0.25, 0.3) is 0 Å². The van der Waals surface area contributed by atoms with Gasteiger partial charge in [-0.1, -0.05) is 37.3 Å². The smallest absolute Gasteiger partial charge is 0.141 e. The molecular formula is C16H18N2OS. The van der Waals surface area contributed by atoms with Crippen LogP contribution in [0.15, 0.2) is 52.0 Å². The summed E-state index contributed by atoms with van der Waals surface area (Å²) in [4.78, 5) is 1.08. The van der Waals surface area contributed by atoms with Gasteiger partial charge in [0.1, 0.15) is 11.3 Å². The van der Waals surface area contributed by atoms with Crippen molar-refractivity contribution in [3.8, 4) is 6.07 Å². The topological polar surface area (TPSA) is 49.0 Å². The first kappa shape index (κ1) is 14.7. The molecule has 2 rings (SSSR count). The second-order valence-electron chi connectivity index (χ2n) is 4.54. The van der Waals surface area contributed by atoms with Crippen molar-refractivity contribution in [3.05, 3.63) is 54.0 Å². The van der Waals surface area contributed by atoms with Gasteiger partial charge in [-0.3, -0.25) is 5.32 Å². The molecule has 1 N–H and O–H groups in total. The van der Waals surface area contributed by atoms with E-state index in [2.05, 4.69) is 11.4 Å². The van der Waals surface area contributed by atoms with Crippen molar-refractivity contribution in [1.29, 1.82) is 5.26 Å². The summed E-state index contributed by atoms with van der Waals surface area (Å²) in [5, 5.41) is 13.0. The zero-order chi connectivity index (χ0) is 14.4. The number of hydrogen-bond acceptors (Lipinski definition) is 4. The third kappa shape index (κ3) is 3.06. The molecule has 0 saturated heterocycles. The molecule has 0 fully saturated rings. The minimum Gasteiger partial charge on any atom is -0.468 e. The minimum absolute atomic E-state index is 0.641. The van der Waals surface area contributed by atoms with E-state index in [0.717, 1.165) is 22.8 Å². The Balaban J connectivity index is 2.24. The van der Waals surface area contributed by atoms with Crippen LogP contribution in [0.2, 0.25) is 0 Å². The zero-order valence-corrected chi connectivity index (χ0v) is 12.5. The maximum atomic E-state index is 9.71. The van der Waals surface area contributed by atoms with Gasteiger partial charge in [0, 0.05) is 10.6 Å². The summed E-state index contributed by atoms with van der Waals surface area (Å²) in [6, 6.07) is 14.3. The lowest BCUT2D eigenvalue weighted by Gasteiger charge is -2.27. The highest BCUT2D eigenvalue weighted by Gasteiger charge is 2.31. The van der Waals surface area contributed by atoms with Gasteiger partial charge in [0.05, 0.1) is 12.3 Å². The summed E-state index contributed by atoms with van der Waals surface area (Å²) >= 11 is 1.64. The second-order valence-corrected chi connectivity index (χ2v) is 5.56. The van der Waals surface area contributed by atoms with E-state index in [1.54, 1.807) is 18.0 Å². The van der Waals surface area contributed by atoms with Crippen LogP contribution < -0.4 is 5.32 Å². The van der Waals surface area contributed by atoms with E-state index < -0.39 is 5.54 Å². The van der Waals surface area contributed by atoms with Gasteiger partial charge in [0.2, 0.25) is 0 Å². The molecule has 1 aromatic carbocycles. The first-order valence-corrected chi connectivity index (χ1v) is 7.59. The molecule has 0 radical (unpaired) electrons. The van der Waals surface area contributed by atoms with Crippen molar-refractivity contribution < 1.29 is 4.42 Å². The Bertz CT molecular complexity index is 588. The largest absolute Gasteiger partial charge is 0.468 e. The summed E-state index contributed by atoms with van der Waals surface area (Å²) < 4.78 is 5.30. The quantitative estimate of drug-likeness (QED) is 0.822. The fraction of sp³-hybridized carbons (Fsp3) is 0.312. The molecule has 0 aliphatic carbocycles. The maximum Gasteiger partial charge on any atom is 0.141 e. The highest BCUT2D eigenvalue weighted by atomic mass is 32.2. The van der Waals surface area contributed by atoms with Crippen molar-refractivity contribution in [2.45, 2.75) is 24.3 Å². The summed E-state index contributed by atoms with van der Waals surface area (Å²) in [6.07, 6.45) is 1.68. The van der Waals surface area contributed by atoms with Crippen LogP contribution in [0.3, 0.4) is 0 Å². The molecule has 0 amide bonds. The normalized spacial score (nSPS) is 13.7. The van der Waals surface area contributed by atoms with Crippen LogP contribution in [0.5, 0.6) is 0 Å². The predicted octanol–water partition coefficient (Wildman–Crippen LogP) is 3.71.